The maximum Gasteiger partial charge on any atom is 0.308 e. The number of rotatable bonds is 5. The Hall–Kier alpha value is -1.65. The molecular weight excluding hydrogens is 194 g/mol. The maximum absolute atomic E-state index is 10.7. The van der Waals surface area contributed by atoms with Crippen LogP contribution in [0.15, 0.2) is 18.3 Å². The third-order valence-corrected chi connectivity index (χ3v) is 2.18. The summed E-state index contributed by atoms with van der Waals surface area (Å²) in [4.78, 5) is 12.6. The minimum absolute atomic E-state index is 0.410. The first-order valence-corrected chi connectivity index (χ1v) is 4.90. The van der Waals surface area contributed by atoms with E-state index in [2.05, 4.69) is 10.2 Å². The van der Waals surface area contributed by atoms with E-state index in [1.807, 2.05) is 17.9 Å². The summed E-state index contributed by atoms with van der Waals surface area (Å²) < 4.78 is 0. The minimum Gasteiger partial charge on any atom is -0.481 e. The molecule has 1 heterocycles. The first-order valence-electron chi connectivity index (χ1n) is 4.90. The van der Waals surface area contributed by atoms with Gasteiger partial charge in [0, 0.05) is 19.3 Å². The van der Waals surface area contributed by atoms with Crippen LogP contribution in [0.25, 0.3) is 0 Å². The molecule has 0 bridgehead atoms. The number of aromatic nitrogens is 2. The molecule has 1 atom stereocenters. The summed E-state index contributed by atoms with van der Waals surface area (Å²) in [7, 11) is 0. The Bertz CT molecular complexity index is 316. The van der Waals surface area contributed by atoms with Gasteiger partial charge in [-0.15, -0.1) is 5.10 Å². The Morgan fingerprint density at radius 3 is 2.87 bits per heavy atom. The van der Waals surface area contributed by atoms with Crippen molar-refractivity contribution in [3.63, 3.8) is 0 Å². The van der Waals surface area contributed by atoms with Gasteiger partial charge in [-0.05, 0) is 19.1 Å². The molecule has 0 radical (unpaired) electrons. The van der Waals surface area contributed by atoms with E-state index in [0.717, 1.165) is 6.54 Å². The summed E-state index contributed by atoms with van der Waals surface area (Å²) in [6.07, 6.45) is 1.60. The third kappa shape index (κ3) is 3.19. The van der Waals surface area contributed by atoms with E-state index >= 15 is 0 Å². The van der Waals surface area contributed by atoms with Crippen LogP contribution >= 0.6 is 0 Å². The van der Waals surface area contributed by atoms with Crippen LogP contribution in [0.5, 0.6) is 0 Å². The van der Waals surface area contributed by atoms with Crippen LogP contribution in [0.2, 0.25) is 0 Å². The van der Waals surface area contributed by atoms with Crippen molar-refractivity contribution in [3.8, 4) is 0 Å². The molecule has 1 N–H and O–H groups in total. The van der Waals surface area contributed by atoms with Gasteiger partial charge in [-0.2, -0.15) is 5.10 Å². The molecular formula is C10H15N3O2. The molecule has 0 fully saturated rings. The Morgan fingerprint density at radius 2 is 2.40 bits per heavy atom. The van der Waals surface area contributed by atoms with Crippen molar-refractivity contribution in [3.05, 3.63) is 18.3 Å². The Morgan fingerprint density at radius 1 is 1.67 bits per heavy atom. The molecule has 5 nitrogen and oxygen atoms in total. The van der Waals surface area contributed by atoms with Gasteiger partial charge in [0.15, 0.2) is 5.82 Å². The summed E-state index contributed by atoms with van der Waals surface area (Å²) in [6, 6.07) is 3.61. The smallest absolute Gasteiger partial charge is 0.308 e. The molecule has 0 amide bonds. The Kier molecular flexibility index (Phi) is 4.03. The number of anilines is 1. The van der Waals surface area contributed by atoms with Gasteiger partial charge >= 0.3 is 5.97 Å². The highest BCUT2D eigenvalue weighted by molar-refractivity contribution is 5.70. The summed E-state index contributed by atoms with van der Waals surface area (Å²) in [5, 5.41) is 16.5. The van der Waals surface area contributed by atoms with Crippen LogP contribution in [0.3, 0.4) is 0 Å². The molecule has 0 spiro atoms. The number of hydrogen-bond donors (Lipinski definition) is 1. The lowest BCUT2D eigenvalue weighted by atomic mass is 10.1. The van der Waals surface area contributed by atoms with E-state index in [1.165, 1.54) is 0 Å². The van der Waals surface area contributed by atoms with Crippen molar-refractivity contribution < 1.29 is 9.90 Å². The van der Waals surface area contributed by atoms with Crippen LogP contribution in [-0.4, -0.2) is 34.4 Å². The molecule has 82 valence electrons. The highest BCUT2D eigenvalue weighted by Crippen LogP contribution is 2.10. The van der Waals surface area contributed by atoms with Crippen LogP contribution in [-0.2, 0) is 4.79 Å². The van der Waals surface area contributed by atoms with Crippen LogP contribution in [0, 0.1) is 5.92 Å². The third-order valence-electron chi connectivity index (χ3n) is 2.18. The number of hydrogen-bond acceptors (Lipinski definition) is 4. The van der Waals surface area contributed by atoms with Crippen LogP contribution in [0.4, 0.5) is 5.82 Å². The zero-order chi connectivity index (χ0) is 11.3. The molecule has 0 aromatic carbocycles. The summed E-state index contributed by atoms with van der Waals surface area (Å²) in [5.41, 5.74) is 0. The zero-order valence-electron chi connectivity index (χ0n) is 8.92. The normalized spacial score (nSPS) is 12.1. The molecule has 0 aliphatic rings. The van der Waals surface area contributed by atoms with Crippen molar-refractivity contribution in [2.24, 2.45) is 5.92 Å². The molecule has 1 aromatic rings. The van der Waals surface area contributed by atoms with Crippen molar-refractivity contribution in [2.45, 2.75) is 13.8 Å². The van der Waals surface area contributed by atoms with Crippen molar-refractivity contribution in [1.82, 2.24) is 10.2 Å². The van der Waals surface area contributed by atoms with E-state index in [0.29, 0.717) is 12.4 Å². The van der Waals surface area contributed by atoms with Gasteiger partial charge in [-0.25, -0.2) is 0 Å². The number of carbonyl (C=O) groups is 1. The van der Waals surface area contributed by atoms with Crippen LogP contribution in [0.1, 0.15) is 13.8 Å². The van der Waals surface area contributed by atoms with E-state index in [1.54, 1.807) is 19.2 Å². The van der Waals surface area contributed by atoms with Crippen molar-refractivity contribution in [2.75, 3.05) is 18.0 Å². The first-order chi connectivity index (χ1) is 7.15. The second-order valence-corrected chi connectivity index (χ2v) is 3.36. The SMILES string of the molecule is CCN(CC(C)C(=O)O)c1cccnn1. The lowest BCUT2D eigenvalue weighted by Crippen LogP contribution is -2.32. The number of aliphatic carboxylic acids is 1. The van der Waals surface area contributed by atoms with Gasteiger partial charge in [0.2, 0.25) is 0 Å². The summed E-state index contributed by atoms with van der Waals surface area (Å²) >= 11 is 0. The van der Waals surface area contributed by atoms with Gasteiger partial charge in [0.05, 0.1) is 5.92 Å². The monoisotopic (exact) mass is 209 g/mol. The van der Waals surface area contributed by atoms with E-state index < -0.39 is 11.9 Å². The maximum atomic E-state index is 10.7. The standard InChI is InChI=1S/C10H15N3O2/c1-3-13(7-8(2)10(14)15)9-5-4-6-11-12-9/h4-6,8H,3,7H2,1-2H3,(H,14,15). The van der Waals surface area contributed by atoms with Crippen molar-refractivity contribution >= 4 is 11.8 Å². The second-order valence-electron chi connectivity index (χ2n) is 3.36. The molecule has 1 aromatic heterocycles. The molecule has 0 aliphatic carbocycles. The fourth-order valence-corrected chi connectivity index (χ4v) is 1.26. The van der Waals surface area contributed by atoms with Crippen LogP contribution < -0.4 is 4.90 Å². The highest BCUT2D eigenvalue weighted by atomic mass is 16.4. The number of carboxylic acids is 1. The lowest BCUT2D eigenvalue weighted by Gasteiger charge is -2.22. The fourth-order valence-electron chi connectivity index (χ4n) is 1.26. The number of carboxylic acid groups (broad SMARTS) is 1. The topological polar surface area (TPSA) is 66.3 Å². The molecule has 0 aliphatic heterocycles. The first kappa shape index (κ1) is 11.4. The lowest BCUT2D eigenvalue weighted by molar-refractivity contribution is -0.140. The van der Waals surface area contributed by atoms with Gasteiger partial charge < -0.3 is 10.0 Å². The van der Waals surface area contributed by atoms with Gasteiger partial charge in [0.1, 0.15) is 0 Å². The van der Waals surface area contributed by atoms with Crippen molar-refractivity contribution in [1.29, 1.82) is 0 Å². The quantitative estimate of drug-likeness (QED) is 0.784. The van der Waals surface area contributed by atoms with E-state index in [-0.39, 0.29) is 0 Å². The Labute approximate surface area is 88.7 Å². The summed E-state index contributed by atoms with van der Waals surface area (Å²) in [6.45, 7) is 4.81. The van der Waals surface area contributed by atoms with Gasteiger partial charge in [-0.1, -0.05) is 6.92 Å². The predicted octanol–water partition coefficient (Wildman–Crippen LogP) is 1.02. The average Bonchev–Trinajstić information content (AvgIpc) is 2.26. The fraction of sp³-hybridized carbons (Fsp3) is 0.500. The molecule has 5 heteroatoms. The van der Waals surface area contributed by atoms with Gasteiger partial charge in [-0.3, -0.25) is 4.79 Å². The van der Waals surface area contributed by atoms with Gasteiger partial charge in [0.25, 0.3) is 0 Å². The largest absolute Gasteiger partial charge is 0.481 e. The molecule has 0 saturated carbocycles. The molecule has 1 rings (SSSR count). The highest BCUT2D eigenvalue weighted by Gasteiger charge is 2.16. The zero-order valence-corrected chi connectivity index (χ0v) is 8.92. The predicted molar refractivity (Wildman–Crippen MR) is 56.7 cm³/mol. The second kappa shape index (κ2) is 5.29. The minimum atomic E-state index is -0.794. The number of nitrogens with zero attached hydrogens (tertiary/aromatic N) is 3. The molecule has 1 unspecified atom stereocenters. The molecule has 0 saturated heterocycles. The summed E-state index contributed by atoms with van der Waals surface area (Å²) in [5.74, 6) is -0.489. The van der Waals surface area contributed by atoms with E-state index in [4.69, 9.17) is 5.11 Å². The average molecular weight is 209 g/mol. The van der Waals surface area contributed by atoms with E-state index in [9.17, 15) is 4.79 Å². The molecule has 15 heavy (non-hydrogen) atoms. The Balaban J connectivity index is 2.69.